The van der Waals surface area contributed by atoms with Gasteiger partial charge in [0.15, 0.2) is 11.0 Å². The number of nitrogens with one attached hydrogen (secondary N) is 1. The number of carbonyl (C=O) groups excluding carboxylic acids is 1. The summed E-state index contributed by atoms with van der Waals surface area (Å²) < 4.78 is 2.07. The van der Waals surface area contributed by atoms with Gasteiger partial charge in [-0.1, -0.05) is 59.3 Å². The molecule has 0 fully saturated rings. The number of aromatic nitrogens is 3. The second-order valence-corrected chi connectivity index (χ2v) is 7.87. The van der Waals surface area contributed by atoms with Crippen LogP contribution in [0, 0.1) is 13.8 Å². The molecule has 6 heteroatoms. The van der Waals surface area contributed by atoms with Gasteiger partial charge in [-0.05, 0) is 45.4 Å². The van der Waals surface area contributed by atoms with Gasteiger partial charge in [0.25, 0.3) is 5.91 Å². The third-order valence-electron chi connectivity index (χ3n) is 4.57. The Hall–Kier alpha value is -2.60. The molecule has 1 N–H and O–H groups in total. The van der Waals surface area contributed by atoms with Gasteiger partial charge in [0.05, 0.1) is 6.04 Å². The monoisotopic (exact) mass is 394 g/mol. The predicted octanol–water partition coefficient (Wildman–Crippen LogP) is 4.70. The van der Waals surface area contributed by atoms with Crippen molar-refractivity contribution in [3.63, 3.8) is 0 Å². The Morgan fingerprint density at radius 2 is 1.86 bits per heavy atom. The van der Waals surface area contributed by atoms with E-state index in [4.69, 9.17) is 0 Å². The lowest BCUT2D eigenvalue weighted by Crippen LogP contribution is -2.28. The molecule has 0 aliphatic rings. The number of hydrogen-bond donors (Lipinski definition) is 1. The van der Waals surface area contributed by atoms with Gasteiger partial charge in [-0.15, -0.1) is 10.2 Å². The summed E-state index contributed by atoms with van der Waals surface area (Å²) in [5.74, 6) is 1.51. The van der Waals surface area contributed by atoms with Crippen LogP contribution in [0.3, 0.4) is 0 Å². The first-order chi connectivity index (χ1) is 13.5. The molecule has 1 aromatic heterocycles. The Morgan fingerprint density at radius 3 is 2.54 bits per heavy atom. The van der Waals surface area contributed by atoms with Crippen LogP contribution in [0.5, 0.6) is 0 Å². The molecule has 28 heavy (non-hydrogen) atoms. The second kappa shape index (κ2) is 9.06. The summed E-state index contributed by atoms with van der Waals surface area (Å²) in [6.45, 7) is 8.83. The summed E-state index contributed by atoms with van der Waals surface area (Å²) in [5, 5.41) is 12.6. The summed E-state index contributed by atoms with van der Waals surface area (Å²) in [6.07, 6.45) is 0. The number of benzene rings is 2. The van der Waals surface area contributed by atoms with E-state index in [1.54, 1.807) is 11.8 Å². The van der Waals surface area contributed by atoms with E-state index >= 15 is 0 Å². The normalized spacial score (nSPS) is 12.0. The van der Waals surface area contributed by atoms with E-state index < -0.39 is 0 Å². The van der Waals surface area contributed by atoms with Crippen molar-refractivity contribution >= 4 is 17.7 Å². The van der Waals surface area contributed by atoms with Gasteiger partial charge < -0.3 is 9.88 Å². The van der Waals surface area contributed by atoms with Crippen molar-refractivity contribution in [3.05, 3.63) is 76.6 Å². The molecule has 0 saturated carbocycles. The van der Waals surface area contributed by atoms with Crippen molar-refractivity contribution in [1.29, 1.82) is 0 Å². The van der Waals surface area contributed by atoms with Gasteiger partial charge in [-0.3, -0.25) is 4.79 Å². The average Bonchev–Trinajstić information content (AvgIpc) is 3.10. The number of aryl methyl sites for hydroxylation is 2. The molecule has 5 nitrogen and oxygen atoms in total. The third-order valence-corrected chi connectivity index (χ3v) is 5.60. The van der Waals surface area contributed by atoms with Crippen LogP contribution in [0.15, 0.2) is 53.7 Å². The standard InChI is InChI=1S/C22H26N4OS/c1-5-26-20(17(4)23-21(27)19-8-6-7-16(3)13-19)24-25-22(26)28-14-18-11-9-15(2)10-12-18/h6-13,17H,5,14H2,1-4H3,(H,23,27)/t17-/m1/s1. The van der Waals surface area contributed by atoms with Gasteiger partial charge in [-0.25, -0.2) is 0 Å². The van der Waals surface area contributed by atoms with Gasteiger partial charge in [0, 0.05) is 17.9 Å². The zero-order chi connectivity index (χ0) is 20.1. The zero-order valence-corrected chi connectivity index (χ0v) is 17.6. The molecule has 0 unspecified atom stereocenters. The minimum atomic E-state index is -0.228. The molecule has 2 aromatic carbocycles. The van der Waals surface area contributed by atoms with E-state index in [1.165, 1.54) is 11.1 Å². The van der Waals surface area contributed by atoms with Crippen molar-refractivity contribution < 1.29 is 4.79 Å². The number of nitrogens with zero attached hydrogens (tertiary/aromatic N) is 3. The smallest absolute Gasteiger partial charge is 0.251 e. The lowest BCUT2D eigenvalue weighted by molar-refractivity contribution is 0.0937. The van der Waals surface area contributed by atoms with Crippen molar-refractivity contribution in [2.45, 2.75) is 51.2 Å². The fourth-order valence-corrected chi connectivity index (χ4v) is 3.95. The third kappa shape index (κ3) is 4.81. The van der Waals surface area contributed by atoms with Crippen LogP contribution in [0.25, 0.3) is 0 Å². The first-order valence-electron chi connectivity index (χ1n) is 9.47. The highest BCUT2D eigenvalue weighted by Crippen LogP contribution is 2.24. The minimum absolute atomic E-state index is 0.101. The largest absolute Gasteiger partial charge is 0.342 e. The fraction of sp³-hybridized carbons (Fsp3) is 0.318. The molecular weight excluding hydrogens is 368 g/mol. The van der Waals surface area contributed by atoms with E-state index in [2.05, 4.69) is 58.2 Å². The molecule has 1 heterocycles. The molecule has 0 saturated heterocycles. The molecule has 0 aliphatic heterocycles. The molecule has 0 spiro atoms. The van der Waals surface area contributed by atoms with Gasteiger partial charge in [0.2, 0.25) is 0 Å². The second-order valence-electron chi connectivity index (χ2n) is 6.92. The SMILES string of the molecule is CCn1c(SCc2ccc(C)cc2)nnc1[C@@H](C)NC(=O)c1cccc(C)c1. The first kappa shape index (κ1) is 20.1. The highest BCUT2D eigenvalue weighted by Gasteiger charge is 2.19. The van der Waals surface area contributed by atoms with Gasteiger partial charge in [-0.2, -0.15) is 0 Å². The van der Waals surface area contributed by atoms with Crippen molar-refractivity contribution in [2.75, 3.05) is 0 Å². The highest BCUT2D eigenvalue weighted by atomic mass is 32.2. The van der Waals surface area contributed by atoms with Crippen molar-refractivity contribution in [3.8, 4) is 0 Å². The minimum Gasteiger partial charge on any atom is -0.342 e. The number of thioether (sulfide) groups is 1. The lowest BCUT2D eigenvalue weighted by Gasteiger charge is -2.15. The molecule has 146 valence electrons. The molecular formula is C22H26N4OS. The average molecular weight is 395 g/mol. The van der Waals surface area contributed by atoms with Crippen LogP contribution in [0.2, 0.25) is 0 Å². The van der Waals surface area contributed by atoms with Crippen LogP contribution >= 0.6 is 11.8 Å². The Labute approximate surface area is 170 Å². The van der Waals surface area contributed by atoms with E-state index in [9.17, 15) is 4.79 Å². The maximum atomic E-state index is 12.6. The Bertz CT molecular complexity index is 949. The summed E-state index contributed by atoms with van der Waals surface area (Å²) in [6, 6.07) is 15.9. The predicted molar refractivity (Wildman–Crippen MR) is 113 cm³/mol. The molecule has 3 rings (SSSR count). The Balaban J connectivity index is 1.69. The van der Waals surface area contributed by atoms with Gasteiger partial charge in [0.1, 0.15) is 0 Å². The van der Waals surface area contributed by atoms with Gasteiger partial charge >= 0.3 is 0 Å². The van der Waals surface area contributed by atoms with Crippen LogP contribution in [-0.4, -0.2) is 20.7 Å². The number of amides is 1. The molecule has 1 atom stereocenters. The number of hydrogen-bond acceptors (Lipinski definition) is 4. The Morgan fingerprint density at radius 1 is 1.11 bits per heavy atom. The van der Waals surface area contributed by atoms with Crippen LogP contribution in [0.4, 0.5) is 0 Å². The van der Waals surface area contributed by atoms with Crippen LogP contribution in [0.1, 0.15) is 52.8 Å². The lowest BCUT2D eigenvalue weighted by atomic mass is 10.1. The highest BCUT2D eigenvalue weighted by molar-refractivity contribution is 7.98. The zero-order valence-electron chi connectivity index (χ0n) is 16.8. The van der Waals surface area contributed by atoms with E-state index in [0.29, 0.717) is 5.56 Å². The van der Waals surface area contributed by atoms with E-state index in [1.807, 2.05) is 38.1 Å². The van der Waals surface area contributed by atoms with E-state index in [-0.39, 0.29) is 11.9 Å². The van der Waals surface area contributed by atoms with Crippen molar-refractivity contribution in [2.24, 2.45) is 0 Å². The molecule has 3 aromatic rings. The number of carbonyl (C=O) groups is 1. The Kier molecular flexibility index (Phi) is 6.52. The van der Waals surface area contributed by atoms with Crippen molar-refractivity contribution in [1.82, 2.24) is 20.1 Å². The summed E-state index contributed by atoms with van der Waals surface area (Å²) >= 11 is 1.66. The summed E-state index contributed by atoms with van der Waals surface area (Å²) in [5.41, 5.74) is 4.23. The summed E-state index contributed by atoms with van der Waals surface area (Å²) in [4.78, 5) is 12.6. The molecule has 1 amide bonds. The number of rotatable bonds is 7. The van der Waals surface area contributed by atoms with Crippen LogP contribution < -0.4 is 5.32 Å². The molecule has 0 bridgehead atoms. The van der Waals surface area contributed by atoms with E-state index in [0.717, 1.165) is 28.8 Å². The quantitative estimate of drug-likeness (QED) is 0.590. The van der Waals surface area contributed by atoms with Crippen LogP contribution in [-0.2, 0) is 12.3 Å². The molecule has 0 radical (unpaired) electrons. The molecule has 0 aliphatic carbocycles. The maximum Gasteiger partial charge on any atom is 0.251 e. The topological polar surface area (TPSA) is 59.8 Å². The fourth-order valence-electron chi connectivity index (χ4n) is 2.99. The first-order valence-corrected chi connectivity index (χ1v) is 10.5. The summed E-state index contributed by atoms with van der Waals surface area (Å²) in [7, 11) is 0. The maximum absolute atomic E-state index is 12.6.